The van der Waals surface area contributed by atoms with Crippen LogP contribution in [0.15, 0.2) is 33.9 Å². The van der Waals surface area contributed by atoms with Crippen molar-refractivity contribution in [1.29, 1.82) is 0 Å². The number of benzene rings is 1. The fraction of sp³-hybridized carbons (Fsp3) is 0.364. The molecule has 0 aliphatic heterocycles. The highest BCUT2D eigenvalue weighted by molar-refractivity contribution is 9.10. The molecule has 1 N–H and O–H groups in total. The van der Waals surface area contributed by atoms with E-state index in [4.69, 9.17) is 4.74 Å². The van der Waals surface area contributed by atoms with Gasteiger partial charge in [-0.2, -0.15) is 0 Å². The zero-order valence-electron chi connectivity index (χ0n) is 10.2. The molecule has 1 aromatic heterocycles. The first-order valence-corrected chi connectivity index (χ1v) is 7.34. The van der Waals surface area contributed by atoms with Crippen LogP contribution in [0.2, 0.25) is 0 Å². The third kappa shape index (κ3) is 4.48. The lowest BCUT2D eigenvalue weighted by molar-refractivity contribution is 0.126. The van der Waals surface area contributed by atoms with E-state index in [2.05, 4.69) is 31.5 Å². The van der Waals surface area contributed by atoms with Gasteiger partial charge < -0.3 is 9.84 Å². The fourth-order valence-electron chi connectivity index (χ4n) is 1.29. The number of thioether (sulfide) groups is 1. The molecule has 0 spiro atoms. The Hall–Kier alpha value is -1.12. The number of rotatable bonds is 6. The van der Waals surface area contributed by atoms with E-state index in [9.17, 15) is 5.11 Å². The van der Waals surface area contributed by atoms with Gasteiger partial charge in [0.15, 0.2) is 0 Å². The molecule has 1 aromatic carbocycles. The van der Waals surface area contributed by atoms with Gasteiger partial charge in [-0.05, 0) is 34.7 Å². The van der Waals surface area contributed by atoms with Gasteiger partial charge in [0.2, 0.25) is 5.16 Å². The van der Waals surface area contributed by atoms with Crippen LogP contribution in [0, 0.1) is 0 Å². The number of ether oxygens (including phenoxy) is 1. The summed E-state index contributed by atoms with van der Waals surface area (Å²) in [6.45, 7) is 0.236. The number of hydrogen-bond donors (Lipinski definition) is 1. The number of hydrogen-bond acceptors (Lipinski definition) is 6. The fourth-order valence-corrected chi connectivity index (χ4v) is 2.31. The zero-order chi connectivity index (χ0) is 13.7. The third-order valence-electron chi connectivity index (χ3n) is 2.24. The maximum absolute atomic E-state index is 9.82. The number of aromatic nitrogens is 4. The van der Waals surface area contributed by atoms with E-state index in [1.54, 1.807) is 11.7 Å². The van der Waals surface area contributed by atoms with E-state index in [1.807, 2.05) is 24.3 Å². The van der Waals surface area contributed by atoms with Crippen LogP contribution in [0.4, 0.5) is 0 Å². The molecule has 1 atom stereocenters. The second-order valence-corrected chi connectivity index (χ2v) is 5.72. The first-order valence-electron chi connectivity index (χ1n) is 5.57. The molecule has 2 aromatic rings. The van der Waals surface area contributed by atoms with Crippen LogP contribution in [0.25, 0.3) is 0 Å². The highest BCUT2D eigenvalue weighted by atomic mass is 79.9. The predicted molar refractivity (Wildman–Crippen MR) is 75.2 cm³/mol. The molecule has 6 nitrogen and oxygen atoms in total. The Kier molecular flexibility index (Phi) is 5.17. The molecule has 0 unspecified atom stereocenters. The Balaban J connectivity index is 1.74. The van der Waals surface area contributed by atoms with Crippen molar-refractivity contribution in [3.63, 3.8) is 0 Å². The summed E-state index contributed by atoms with van der Waals surface area (Å²) >= 11 is 4.74. The molecule has 0 aliphatic carbocycles. The van der Waals surface area contributed by atoms with Gasteiger partial charge in [0.1, 0.15) is 12.4 Å². The topological polar surface area (TPSA) is 73.1 Å². The summed E-state index contributed by atoms with van der Waals surface area (Å²) in [6.07, 6.45) is -0.578. The Labute approximate surface area is 123 Å². The maximum atomic E-state index is 9.82. The van der Waals surface area contributed by atoms with E-state index in [1.165, 1.54) is 11.8 Å². The Bertz CT molecular complexity index is 520. The molecule has 102 valence electrons. The summed E-state index contributed by atoms with van der Waals surface area (Å²) < 4.78 is 8.03. The molecule has 8 heteroatoms. The van der Waals surface area contributed by atoms with E-state index >= 15 is 0 Å². The van der Waals surface area contributed by atoms with Crippen molar-refractivity contribution in [3.05, 3.63) is 28.7 Å². The summed E-state index contributed by atoms with van der Waals surface area (Å²) in [5, 5.41) is 21.6. The summed E-state index contributed by atoms with van der Waals surface area (Å²) in [5.41, 5.74) is 0. The van der Waals surface area contributed by atoms with Gasteiger partial charge in [0, 0.05) is 17.3 Å². The van der Waals surface area contributed by atoms with E-state index in [-0.39, 0.29) is 6.61 Å². The molecule has 0 amide bonds. The quantitative estimate of drug-likeness (QED) is 0.800. The maximum Gasteiger partial charge on any atom is 0.209 e. The first kappa shape index (κ1) is 14.3. The van der Waals surface area contributed by atoms with Crippen molar-refractivity contribution in [2.24, 2.45) is 7.05 Å². The summed E-state index contributed by atoms with van der Waals surface area (Å²) in [5.74, 6) is 1.21. The second-order valence-electron chi connectivity index (χ2n) is 3.81. The van der Waals surface area contributed by atoms with Gasteiger partial charge >= 0.3 is 0 Å². The standard InChI is InChI=1S/C11H13BrN4O2S/c1-16-11(13-14-15-16)19-7-9(17)6-18-10-4-2-8(12)3-5-10/h2-5,9,17H,6-7H2,1H3/t9-/m0/s1. The monoisotopic (exact) mass is 344 g/mol. The van der Waals surface area contributed by atoms with Crippen molar-refractivity contribution in [3.8, 4) is 5.75 Å². The number of nitrogens with zero attached hydrogens (tertiary/aromatic N) is 4. The third-order valence-corrected chi connectivity index (χ3v) is 3.93. The van der Waals surface area contributed by atoms with Gasteiger partial charge in [-0.3, -0.25) is 0 Å². The molecule has 0 bridgehead atoms. The number of aryl methyl sites for hydroxylation is 1. The average Bonchev–Trinajstić information content (AvgIpc) is 2.81. The normalized spacial score (nSPS) is 12.4. The number of tetrazole rings is 1. The van der Waals surface area contributed by atoms with Crippen molar-refractivity contribution >= 4 is 27.7 Å². The minimum Gasteiger partial charge on any atom is -0.491 e. The van der Waals surface area contributed by atoms with Crippen LogP contribution in [0.5, 0.6) is 5.75 Å². The molecule has 1 heterocycles. The largest absolute Gasteiger partial charge is 0.491 e. The molecule has 19 heavy (non-hydrogen) atoms. The van der Waals surface area contributed by atoms with Gasteiger partial charge in [0.05, 0.1) is 6.10 Å². The van der Waals surface area contributed by atoms with Crippen molar-refractivity contribution in [2.75, 3.05) is 12.4 Å². The first-order chi connectivity index (χ1) is 9.15. The second kappa shape index (κ2) is 6.88. The molecular weight excluding hydrogens is 332 g/mol. The predicted octanol–water partition coefficient (Wildman–Crippen LogP) is 1.50. The van der Waals surface area contributed by atoms with Crippen LogP contribution in [-0.2, 0) is 7.05 Å². The smallest absolute Gasteiger partial charge is 0.209 e. The Morgan fingerprint density at radius 2 is 2.16 bits per heavy atom. The lowest BCUT2D eigenvalue weighted by atomic mass is 10.3. The minimum atomic E-state index is -0.578. The summed E-state index contributed by atoms with van der Waals surface area (Å²) in [7, 11) is 1.76. The van der Waals surface area contributed by atoms with E-state index in [0.29, 0.717) is 10.9 Å². The molecule has 0 saturated carbocycles. The summed E-state index contributed by atoms with van der Waals surface area (Å²) in [4.78, 5) is 0. The number of halogens is 1. The highest BCUT2D eigenvalue weighted by Gasteiger charge is 2.09. The van der Waals surface area contributed by atoms with Crippen LogP contribution in [0.3, 0.4) is 0 Å². The van der Waals surface area contributed by atoms with Gasteiger partial charge in [-0.25, -0.2) is 4.68 Å². The van der Waals surface area contributed by atoms with Crippen LogP contribution >= 0.6 is 27.7 Å². The average molecular weight is 345 g/mol. The Morgan fingerprint density at radius 3 is 2.79 bits per heavy atom. The lowest BCUT2D eigenvalue weighted by Gasteiger charge is -2.11. The molecule has 0 aliphatic rings. The van der Waals surface area contributed by atoms with Crippen LogP contribution < -0.4 is 4.74 Å². The SMILES string of the molecule is Cn1nnnc1SC[C@@H](O)COc1ccc(Br)cc1. The van der Waals surface area contributed by atoms with Crippen molar-refractivity contribution < 1.29 is 9.84 Å². The van der Waals surface area contributed by atoms with E-state index in [0.717, 1.165) is 10.2 Å². The molecular formula is C11H13BrN4O2S. The molecule has 0 fully saturated rings. The van der Waals surface area contributed by atoms with Crippen molar-refractivity contribution in [1.82, 2.24) is 20.2 Å². The minimum absolute atomic E-state index is 0.236. The number of aliphatic hydroxyl groups is 1. The zero-order valence-corrected chi connectivity index (χ0v) is 12.6. The summed E-state index contributed by atoms with van der Waals surface area (Å²) in [6, 6.07) is 7.47. The van der Waals surface area contributed by atoms with Gasteiger partial charge in [-0.1, -0.05) is 27.7 Å². The van der Waals surface area contributed by atoms with Gasteiger partial charge in [-0.15, -0.1) is 5.10 Å². The lowest BCUT2D eigenvalue weighted by Crippen LogP contribution is -2.20. The molecule has 0 radical (unpaired) electrons. The Morgan fingerprint density at radius 1 is 1.42 bits per heavy atom. The van der Waals surface area contributed by atoms with Gasteiger partial charge in [0.25, 0.3) is 0 Å². The molecule has 0 saturated heterocycles. The van der Waals surface area contributed by atoms with Crippen LogP contribution in [0.1, 0.15) is 0 Å². The van der Waals surface area contributed by atoms with Crippen molar-refractivity contribution in [2.45, 2.75) is 11.3 Å². The highest BCUT2D eigenvalue weighted by Crippen LogP contribution is 2.17. The van der Waals surface area contributed by atoms with E-state index < -0.39 is 6.10 Å². The molecule has 2 rings (SSSR count). The van der Waals surface area contributed by atoms with Crippen LogP contribution in [-0.4, -0.2) is 43.8 Å². The number of aliphatic hydroxyl groups excluding tert-OH is 1.